The Hall–Kier alpha value is -0.620. The van der Waals surface area contributed by atoms with Crippen molar-refractivity contribution in [2.24, 2.45) is 0 Å². The van der Waals surface area contributed by atoms with Crippen LogP contribution in [0.15, 0.2) is 6.58 Å². The fourth-order valence-corrected chi connectivity index (χ4v) is 2.26. The van der Waals surface area contributed by atoms with Crippen LogP contribution in [-0.2, 0) is 9.47 Å². The van der Waals surface area contributed by atoms with E-state index in [0.29, 0.717) is 28.3 Å². The van der Waals surface area contributed by atoms with Crippen molar-refractivity contribution in [1.29, 1.82) is 0 Å². The van der Waals surface area contributed by atoms with Crippen molar-refractivity contribution in [3.05, 3.63) is 21.6 Å². The Labute approximate surface area is 89.7 Å². The fraction of sp³-hybridized carbons (Fsp3) is 0.375. The molecule has 0 atom stereocenters. The number of ether oxygens (including phenoxy) is 2. The molecule has 0 spiro atoms. The first-order valence-corrected chi connectivity index (χ1v) is 5.15. The summed E-state index contributed by atoms with van der Waals surface area (Å²) in [5.74, 6) is -0.0962. The molecule has 0 saturated carbocycles. The monoisotopic (exact) mass is 233 g/mol. The summed E-state index contributed by atoms with van der Waals surface area (Å²) in [6.07, 6.45) is -0.451. The van der Waals surface area contributed by atoms with Crippen LogP contribution in [0.3, 0.4) is 0 Å². The number of aliphatic hydroxyl groups is 1. The topological polar surface area (TPSA) is 51.6 Å². The van der Waals surface area contributed by atoms with E-state index in [2.05, 4.69) is 11.6 Å². The van der Waals surface area contributed by atoms with Gasteiger partial charge in [-0.05, 0) is 0 Å². The van der Waals surface area contributed by atoms with Gasteiger partial charge in [-0.2, -0.15) is 0 Å². The lowest BCUT2D eigenvalue weighted by Crippen LogP contribution is -1.94. The molecule has 1 aliphatic rings. The SMILES string of the molecule is C=C(O)c1nc(Cl)c(C2OCCO2)s1. The Balaban J connectivity index is 2.28. The Morgan fingerprint density at radius 1 is 1.57 bits per heavy atom. The van der Waals surface area contributed by atoms with Gasteiger partial charge in [0, 0.05) is 0 Å². The lowest BCUT2D eigenvalue weighted by Gasteiger charge is -2.04. The van der Waals surface area contributed by atoms with E-state index in [0.717, 1.165) is 0 Å². The van der Waals surface area contributed by atoms with Gasteiger partial charge in [-0.3, -0.25) is 0 Å². The molecule has 1 aromatic rings. The first-order chi connectivity index (χ1) is 6.68. The lowest BCUT2D eigenvalue weighted by atomic mass is 10.5. The van der Waals surface area contributed by atoms with Crippen LogP contribution in [-0.4, -0.2) is 23.3 Å². The van der Waals surface area contributed by atoms with E-state index < -0.39 is 6.29 Å². The highest BCUT2D eigenvalue weighted by Crippen LogP contribution is 2.35. The van der Waals surface area contributed by atoms with E-state index in [1.54, 1.807) is 0 Å². The van der Waals surface area contributed by atoms with Crippen LogP contribution in [0.2, 0.25) is 5.15 Å². The van der Waals surface area contributed by atoms with E-state index in [1.807, 2.05) is 0 Å². The predicted molar refractivity (Wildman–Crippen MR) is 53.4 cm³/mol. The van der Waals surface area contributed by atoms with Gasteiger partial charge in [-0.25, -0.2) is 4.98 Å². The number of rotatable bonds is 2. The Kier molecular flexibility index (Phi) is 2.73. The van der Waals surface area contributed by atoms with E-state index in [1.165, 1.54) is 11.3 Å². The second kappa shape index (κ2) is 3.86. The average molecular weight is 234 g/mol. The fourth-order valence-electron chi connectivity index (χ4n) is 1.09. The van der Waals surface area contributed by atoms with Gasteiger partial charge in [0.05, 0.1) is 18.1 Å². The zero-order valence-electron chi connectivity index (χ0n) is 7.20. The molecule has 1 N–H and O–H groups in total. The summed E-state index contributed by atoms with van der Waals surface area (Å²) in [5.41, 5.74) is 0. The number of hydrogen-bond acceptors (Lipinski definition) is 5. The smallest absolute Gasteiger partial charge is 0.196 e. The first-order valence-electron chi connectivity index (χ1n) is 3.96. The highest BCUT2D eigenvalue weighted by molar-refractivity contribution is 7.13. The van der Waals surface area contributed by atoms with E-state index in [4.69, 9.17) is 26.2 Å². The third kappa shape index (κ3) is 1.76. The van der Waals surface area contributed by atoms with Crippen molar-refractivity contribution in [2.45, 2.75) is 6.29 Å². The minimum Gasteiger partial charge on any atom is -0.505 e. The summed E-state index contributed by atoms with van der Waals surface area (Å²) in [6.45, 7) is 4.47. The molecular weight excluding hydrogens is 226 g/mol. The van der Waals surface area contributed by atoms with E-state index in [-0.39, 0.29) is 5.76 Å². The lowest BCUT2D eigenvalue weighted by molar-refractivity contribution is -0.0413. The van der Waals surface area contributed by atoms with Crippen molar-refractivity contribution in [3.63, 3.8) is 0 Å². The normalized spacial score (nSPS) is 17.5. The van der Waals surface area contributed by atoms with Crippen LogP contribution < -0.4 is 0 Å². The number of thiazole rings is 1. The van der Waals surface area contributed by atoms with E-state index >= 15 is 0 Å². The van der Waals surface area contributed by atoms with Gasteiger partial charge < -0.3 is 14.6 Å². The standard InChI is InChI=1S/C8H8ClNO3S/c1-4(11)7-10-6(9)5(14-7)8-12-2-3-13-8/h8,11H,1-3H2. The van der Waals surface area contributed by atoms with E-state index in [9.17, 15) is 0 Å². The van der Waals surface area contributed by atoms with Gasteiger partial charge in [0.15, 0.2) is 11.3 Å². The summed E-state index contributed by atoms with van der Waals surface area (Å²) in [6, 6.07) is 0. The molecule has 14 heavy (non-hydrogen) atoms. The molecule has 0 radical (unpaired) electrons. The largest absolute Gasteiger partial charge is 0.505 e. The Bertz CT molecular complexity index is 359. The molecule has 2 rings (SSSR count). The van der Waals surface area contributed by atoms with Gasteiger partial charge in [0.25, 0.3) is 0 Å². The second-order valence-corrected chi connectivity index (χ2v) is 4.08. The summed E-state index contributed by atoms with van der Waals surface area (Å²) in [7, 11) is 0. The molecule has 0 aromatic carbocycles. The summed E-state index contributed by atoms with van der Waals surface area (Å²) < 4.78 is 10.5. The van der Waals surface area contributed by atoms with Crippen LogP contribution in [0, 0.1) is 0 Å². The number of nitrogens with zero attached hydrogens (tertiary/aromatic N) is 1. The van der Waals surface area contributed by atoms with Gasteiger partial charge in [0.1, 0.15) is 10.9 Å². The summed E-state index contributed by atoms with van der Waals surface area (Å²) >= 11 is 7.08. The van der Waals surface area contributed by atoms with Crippen LogP contribution in [0.5, 0.6) is 0 Å². The number of hydrogen-bond donors (Lipinski definition) is 1. The average Bonchev–Trinajstić information content (AvgIpc) is 2.71. The third-order valence-electron chi connectivity index (χ3n) is 1.69. The molecule has 2 heterocycles. The molecule has 1 aromatic heterocycles. The first kappa shape index (κ1) is 9.92. The zero-order valence-corrected chi connectivity index (χ0v) is 8.77. The Morgan fingerprint density at radius 3 is 2.71 bits per heavy atom. The van der Waals surface area contributed by atoms with Crippen LogP contribution in [0.25, 0.3) is 5.76 Å². The maximum absolute atomic E-state index is 9.12. The van der Waals surface area contributed by atoms with Gasteiger partial charge >= 0.3 is 0 Å². The summed E-state index contributed by atoms with van der Waals surface area (Å²) in [5, 5.41) is 9.81. The maximum Gasteiger partial charge on any atom is 0.196 e. The van der Waals surface area contributed by atoms with Crippen molar-refractivity contribution in [3.8, 4) is 0 Å². The highest BCUT2D eigenvalue weighted by Gasteiger charge is 2.25. The Morgan fingerprint density at radius 2 is 2.21 bits per heavy atom. The molecule has 1 aliphatic heterocycles. The maximum atomic E-state index is 9.12. The van der Waals surface area contributed by atoms with Crippen LogP contribution >= 0.6 is 22.9 Å². The molecule has 0 amide bonds. The van der Waals surface area contributed by atoms with Crippen molar-refractivity contribution >= 4 is 28.7 Å². The molecule has 1 saturated heterocycles. The van der Waals surface area contributed by atoms with Crippen molar-refractivity contribution < 1.29 is 14.6 Å². The van der Waals surface area contributed by atoms with Crippen molar-refractivity contribution in [2.75, 3.05) is 13.2 Å². The molecule has 6 heteroatoms. The third-order valence-corrected chi connectivity index (χ3v) is 3.22. The number of aliphatic hydroxyl groups excluding tert-OH is 1. The molecule has 0 aliphatic carbocycles. The second-order valence-electron chi connectivity index (χ2n) is 2.69. The molecule has 0 bridgehead atoms. The van der Waals surface area contributed by atoms with Crippen LogP contribution in [0.1, 0.15) is 16.2 Å². The highest BCUT2D eigenvalue weighted by atomic mass is 35.5. The molecule has 4 nitrogen and oxygen atoms in total. The number of halogens is 1. The van der Waals surface area contributed by atoms with Crippen LogP contribution in [0.4, 0.5) is 0 Å². The van der Waals surface area contributed by atoms with Gasteiger partial charge in [-0.15, -0.1) is 11.3 Å². The number of aromatic nitrogens is 1. The molecular formula is C8H8ClNO3S. The summed E-state index contributed by atoms with van der Waals surface area (Å²) in [4.78, 5) is 4.60. The molecule has 1 fully saturated rings. The minimum atomic E-state index is -0.451. The predicted octanol–water partition coefficient (Wildman–Crippen LogP) is 2.37. The van der Waals surface area contributed by atoms with Gasteiger partial charge in [-0.1, -0.05) is 18.2 Å². The molecule has 0 unspecified atom stereocenters. The molecule has 76 valence electrons. The van der Waals surface area contributed by atoms with Crippen molar-refractivity contribution in [1.82, 2.24) is 4.98 Å². The zero-order chi connectivity index (χ0) is 10.1. The minimum absolute atomic E-state index is 0.0962. The van der Waals surface area contributed by atoms with Gasteiger partial charge in [0.2, 0.25) is 0 Å². The quantitative estimate of drug-likeness (QED) is 0.797.